The van der Waals surface area contributed by atoms with Gasteiger partial charge in [0.15, 0.2) is 5.60 Å². The number of benzene rings is 2. The van der Waals surface area contributed by atoms with Gasteiger partial charge in [-0.1, -0.05) is 6.92 Å². The summed E-state index contributed by atoms with van der Waals surface area (Å²) in [5, 5.41) is 14.4. The number of aryl methyl sites for hydroxylation is 1. The first-order valence-corrected chi connectivity index (χ1v) is 12.3. The largest absolute Gasteiger partial charge is 0.480 e. The Kier molecular flexibility index (Phi) is 6.09. The van der Waals surface area contributed by atoms with E-state index in [4.69, 9.17) is 9.84 Å². The van der Waals surface area contributed by atoms with Crippen molar-refractivity contribution in [3.63, 3.8) is 0 Å². The highest BCUT2D eigenvalue weighted by Gasteiger charge is 2.62. The molecule has 9 heteroatoms. The molecule has 0 saturated heterocycles. The van der Waals surface area contributed by atoms with Gasteiger partial charge < -0.3 is 9.84 Å². The third kappa shape index (κ3) is 3.97. The molecule has 1 aromatic heterocycles. The van der Waals surface area contributed by atoms with Crippen molar-refractivity contribution < 1.29 is 32.2 Å². The Morgan fingerprint density at radius 2 is 1.97 bits per heavy atom. The molecule has 1 N–H and O–H groups in total. The number of rotatable bonds is 5. The molecular formula is C27H28F4N2O3. The molecule has 2 aliphatic rings. The van der Waals surface area contributed by atoms with Crippen molar-refractivity contribution in [2.45, 2.75) is 69.1 Å². The van der Waals surface area contributed by atoms with Crippen molar-refractivity contribution in [1.29, 1.82) is 0 Å². The molecule has 2 aliphatic carbocycles. The van der Waals surface area contributed by atoms with Crippen LogP contribution in [0.5, 0.6) is 0 Å². The zero-order valence-electron chi connectivity index (χ0n) is 19.9. The van der Waals surface area contributed by atoms with Crippen LogP contribution in [0.4, 0.5) is 17.6 Å². The molecular weight excluding hydrogens is 476 g/mol. The molecule has 0 radical (unpaired) electrons. The third-order valence-corrected chi connectivity index (χ3v) is 8.35. The van der Waals surface area contributed by atoms with Crippen LogP contribution >= 0.6 is 0 Å². The lowest BCUT2D eigenvalue weighted by molar-refractivity contribution is -0.296. The smallest absolute Gasteiger partial charge is 0.417 e. The van der Waals surface area contributed by atoms with Crippen molar-refractivity contribution in [2.75, 3.05) is 6.61 Å². The number of hydrogen-bond acceptors (Lipinski definition) is 3. The second kappa shape index (κ2) is 8.87. The van der Waals surface area contributed by atoms with Crippen molar-refractivity contribution in [2.24, 2.45) is 5.92 Å². The Morgan fingerprint density at radius 3 is 2.64 bits per heavy atom. The molecule has 0 amide bonds. The average Bonchev–Trinajstić information content (AvgIpc) is 3.18. The molecule has 3 atom stereocenters. The lowest BCUT2D eigenvalue weighted by atomic mass is 9.56. The van der Waals surface area contributed by atoms with Gasteiger partial charge in [-0.15, -0.1) is 0 Å². The van der Waals surface area contributed by atoms with Crippen LogP contribution < -0.4 is 0 Å². The van der Waals surface area contributed by atoms with Gasteiger partial charge in [-0.05, 0) is 104 Å². The molecule has 3 aromatic rings. The molecule has 192 valence electrons. The maximum atomic E-state index is 14.3. The van der Waals surface area contributed by atoms with E-state index in [0.717, 1.165) is 40.6 Å². The monoisotopic (exact) mass is 504 g/mol. The minimum absolute atomic E-state index is 0.246. The van der Waals surface area contributed by atoms with E-state index in [1.54, 1.807) is 23.0 Å². The van der Waals surface area contributed by atoms with Crippen LogP contribution in [0.25, 0.3) is 16.6 Å². The number of nitrogens with zero attached hydrogens (tertiary/aromatic N) is 2. The molecule has 0 unspecified atom stereocenters. The van der Waals surface area contributed by atoms with Crippen molar-refractivity contribution in [3.8, 4) is 5.69 Å². The number of halogens is 4. The number of fused-ring (bicyclic) bond motifs is 4. The molecule has 5 rings (SSSR count). The van der Waals surface area contributed by atoms with Gasteiger partial charge in [-0.25, -0.2) is 13.9 Å². The van der Waals surface area contributed by atoms with Crippen LogP contribution in [0.3, 0.4) is 0 Å². The molecule has 5 nitrogen and oxygen atoms in total. The molecule has 1 fully saturated rings. The average molecular weight is 505 g/mol. The summed E-state index contributed by atoms with van der Waals surface area (Å²) in [6.07, 6.45) is -0.441. The van der Waals surface area contributed by atoms with Crippen LogP contribution in [-0.2, 0) is 21.4 Å². The first kappa shape index (κ1) is 24.7. The molecule has 0 spiro atoms. The minimum atomic E-state index is -4.66. The van der Waals surface area contributed by atoms with Gasteiger partial charge in [0, 0.05) is 5.39 Å². The Hall–Kier alpha value is -2.94. The normalized spacial score (nSPS) is 26.3. The first-order chi connectivity index (χ1) is 17.1. The van der Waals surface area contributed by atoms with Crippen molar-refractivity contribution >= 4 is 16.9 Å². The summed E-state index contributed by atoms with van der Waals surface area (Å²) in [6.45, 7) is 1.05. The first-order valence-electron chi connectivity index (χ1n) is 12.3. The maximum absolute atomic E-state index is 14.3. The number of aromatic nitrogens is 2. The molecule has 0 aliphatic heterocycles. The predicted octanol–water partition coefficient (Wildman–Crippen LogP) is 6.35. The molecule has 0 bridgehead atoms. The van der Waals surface area contributed by atoms with E-state index < -0.39 is 29.8 Å². The zero-order valence-corrected chi connectivity index (χ0v) is 19.9. The Morgan fingerprint density at radius 1 is 1.22 bits per heavy atom. The number of carboxylic acids is 1. The summed E-state index contributed by atoms with van der Waals surface area (Å²) < 4.78 is 63.1. The number of alkyl halides is 3. The van der Waals surface area contributed by atoms with E-state index in [0.29, 0.717) is 12.8 Å². The summed E-state index contributed by atoms with van der Waals surface area (Å²) in [4.78, 5) is 11.1. The summed E-state index contributed by atoms with van der Waals surface area (Å²) in [5.41, 5.74) is 0.853. The minimum Gasteiger partial charge on any atom is -0.480 e. The molecule has 1 heterocycles. The van der Waals surface area contributed by atoms with Gasteiger partial charge in [0.25, 0.3) is 0 Å². The van der Waals surface area contributed by atoms with E-state index in [-0.39, 0.29) is 31.0 Å². The Balaban J connectivity index is 1.57. The van der Waals surface area contributed by atoms with E-state index in [2.05, 4.69) is 17.2 Å². The quantitative estimate of drug-likeness (QED) is 0.411. The van der Waals surface area contributed by atoms with Crippen LogP contribution in [0.15, 0.2) is 42.6 Å². The Bertz CT molecular complexity index is 1290. The van der Waals surface area contributed by atoms with E-state index in [1.807, 2.05) is 6.92 Å². The summed E-state index contributed by atoms with van der Waals surface area (Å²) in [7, 11) is 0. The number of ether oxygens (including phenoxy) is 1. The van der Waals surface area contributed by atoms with Gasteiger partial charge in [0.2, 0.25) is 0 Å². The number of carbonyl (C=O) groups is 1. The summed E-state index contributed by atoms with van der Waals surface area (Å²) >= 11 is 0. The Labute approximate surface area is 206 Å². The SMILES string of the molecule is CC[C@]12CC[C@@](OCC(=O)O)(C(F)(F)F)C[C@@H]1CCCc1cc3c(cnn3-c3ccc(F)cc3)cc12. The second-order valence-electron chi connectivity index (χ2n) is 10.1. The van der Waals surface area contributed by atoms with Crippen molar-refractivity contribution in [1.82, 2.24) is 9.78 Å². The topological polar surface area (TPSA) is 64.3 Å². The van der Waals surface area contributed by atoms with Crippen LogP contribution in [0.2, 0.25) is 0 Å². The summed E-state index contributed by atoms with van der Waals surface area (Å²) in [6, 6.07) is 10.2. The van der Waals surface area contributed by atoms with Crippen LogP contribution in [-0.4, -0.2) is 39.2 Å². The van der Waals surface area contributed by atoms with Crippen molar-refractivity contribution in [3.05, 3.63) is 59.5 Å². The lowest BCUT2D eigenvalue weighted by Gasteiger charge is -2.51. The standard InChI is InChI=1S/C27H28F4N2O3/c1-2-25-10-11-26(27(29,30)31,36-16-24(34)35)14-19(25)5-3-4-17-13-23-18(12-22(17)25)15-32-33(23)21-8-6-20(28)7-9-21/h6-9,12-13,15,19H,2-5,10-11,14,16H2,1H3,(H,34,35)/t19-,25-,26-/m0/s1. The number of aliphatic carboxylic acids is 1. The second-order valence-corrected chi connectivity index (χ2v) is 10.1. The molecule has 1 saturated carbocycles. The van der Waals surface area contributed by atoms with E-state index in [9.17, 15) is 22.4 Å². The highest BCUT2D eigenvalue weighted by molar-refractivity contribution is 5.82. The number of carboxylic acid groups (broad SMARTS) is 1. The zero-order chi connectivity index (χ0) is 25.7. The maximum Gasteiger partial charge on any atom is 0.417 e. The molecule has 2 aromatic carbocycles. The third-order valence-electron chi connectivity index (χ3n) is 8.35. The van der Waals surface area contributed by atoms with Gasteiger partial charge in [0.1, 0.15) is 12.4 Å². The van der Waals surface area contributed by atoms with Gasteiger partial charge >= 0.3 is 12.1 Å². The molecule has 36 heavy (non-hydrogen) atoms. The lowest BCUT2D eigenvalue weighted by Crippen LogP contribution is -2.56. The summed E-state index contributed by atoms with van der Waals surface area (Å²) in [5.74, 6) is -2.03. The highest BCUT2D eigenvalue weighted by Crippen LogP contribution is 2.58. The van der Waals surface area contributed by atoms with Gasteiger partial charge in [-0.2, -0.15) is 18.3 Å². The fourth-order valence-electron chi connectivity index (χ4n) is 6.50. The van der Waals surface area contributed by atoms with E-state index >= 15 is 0 Å². The fraction of sp³-hybridized carbons (Fsp3) is 0.481. The predicted molar refractivity (Wildman–Crippen MR) is 126 cm³/mol. The van der Waals surface area contributed by atoms with Gasteiger partial charge in [-0.3, -0.25) is 0 Å². The van der Waals surface area contributed by atoms with Crippen LogP contribution in [0, 0.1) is 11.7 Å². The fourth-order valence-corrected chi connectivity index (χ4v) is 6.50. The highest BCUT2D eigenvalue weighted by atomic mass is 19.4. The van der Waals surface area contributed by atoms with Crippen LogP contribution in [0.1, 0.15) is 56.6 Å². The number of hydrogen-bond donors (Lipinski definition) is 1. The van der Waals surface area contributed by atoms with E-state index in [1.165, 1.54) is 12.1 Å². The van der Waals surface area contributed by atoms with Gasteiger partial charge in [0.05, 0.1) is 17.4 Å².